The van der Waals surface area contributed by atoms with Crippen LogP contribution in [0.3, 0.4) is 0 Å². The van der Waals surface area contributed by atoms with E-state index in [0.29, 0.717) is 11.4 Å². The highest BCUT2D eigenvalue weighted by atomic mass is 32.7. The van der Waals surface area contributed by atoms with Crippen molar-refractivity contribution < 1.29 is 38.6 Å². The number of carbonyl (C=O) groups excluding carboxylic acids is 3. The lowest BCUT2D eigenvalue weighted by molar-refractivity contribution is -0.137. The molecule has 0 fully saturated rings. The van der Waals surface area contributed by atoms with Gasteiger partial charge in [-0.15, -0.1) is 0 Å². The lowest BCUT2D eigenvalue weighted by Crippen LogP contribution is -2.46. The van der Waals surface area contributed by atoms with Crippen LogP contribution < -0.4 is 10.6 Å². The van der Waals surface area contributed by atoms with Crippen molar-refractivity contribution >= 4 is 36.0 Å². The molecule has 1 unspecified atom stereocenters. The van der Waals surface area contributed by atoms with Crippen molar-refractivity contribution in [3.8, 4) is 0 Å². The zero-order chi connectivity index (χ0) is 19.7. The fourth-order valence-electron chi connectivity index (χ4n) is 1.47. The average molecular weight is 400 g/mol. The van der Waals surface area contributed by atoms with Gasteiger partial charge in [0.05, 0.1) is 6.61 Å². The van der Waals surface area contributed by atoms with Crippen LogP contribution in [0, 0.1) is 5.41 Å². The number of rotatable bonds is 11. The second kappa shape index (κ2) is 10.8. The smallest absolute Gasteiger partial charge is 0.396 e. The summed E-state index contributed by atoms with van der Waals surface area (Å²) in [5.74, 6) is -1.91. The van der Waals surface area contributed by atoms with Gasteiger partial charge < -0.3 is 30.3 Å². The minimum absolute atomic E-state index is 0.0116. The molecule has 0 heterocycles. The molecule has 0 aromatic rings. The van der Waals surface area contributed by atoms with Crippen molar-refractivity contribution in [3.05, 3.63) is 0 Å². The highest BCUT2D eigenvalue weighted by molar-refractivity contribution is 8.54. The van der Waals surface area contributed by atoms with E-state index in [-0.39, 0.29) is 31.9 Å². The number of hydrogen-bond acceptors (Lipinski definition) is 8. The van der Waals surface area contributed by atoms with Gasteiger partial charge in [-0.25, -0.2) is 4.57 Å². The molecule has 0 spiro atoms. The molecule has 0 aliphatic rings. The first-order chi connectivity index (χ1) is 11.4. The number of amides is 2. The van der Waals surface area contributed by atoms with Gasteiger partial charge in [0.1, 0.15) is 6.10 Å². The number of carbonyl (C=O) groups is 3. The highest BCUT2D eigenvalue weighted by Gasteiger charge is 2.32. The second-order valence-electron chi connectivity index (χ2n) is 5.82. The van der Waals surface area contributed by atoms with Crippen LogP contribution in [0.4, 0.5) is 0 Å². The third kappa shape index (κ3) is 10.5. The van der Waals surface area contributed by atoms with Crippen molar-refractivity contribution in [1.82, 2.24) is 10.6 Å². The Balaban J connectivity index is 3.97. The minimum Gasteiger partial charge on any atom is -0.396 e. The molecule has 0 saturated carbocycles. The molecule has 10 nitrogen and oxygen atoms in total. The fourth-order valence-corrected chi connectivity index (χ4v) is 3.71. The molecule has 0 radical (unpaired) electrons. The van der Waals surface area contributed by atoms with Crippen molar-refractivity contribution in [2.24, 2.45) is 5.41 Å². The molecule has 0 rings (SSSR count). The lowest BCUT2D eigenvalue weighted by Gasteiger charge is -2.27. The van der Waals surface area contributed by atoms with Crippen molar-refractivity contribution in [1.29, 1.82) is 0 Å². The largest absolute Gasteiger partial charge is 0.439 e. The maximum Gasteiger partial charge on any atom is 0.439 e. The summed E-state index contributed by atoms with van der Waals surface area (Å²) in [5.41, 5.74) is -0.996. The lowest BCUT2D eigenvalue weighted by atomic mass is 9.87. The number of nitrogens with one attached hydrogen (secondary N) is 2. The van der Waals surface area contributed by atoms with Crippen LogP contribution in [0.5, 0.6) is 0 Å². The van der Waals surface area contributed by atoms with E-state index in [0.717, 1.165) is 6.92 Å². The summed E-state index contributed by atoms with van der Waals surface area (Å²) in [6.07, 6.45) is -1.46. The molecule has 12 heteroatoms. The van der Waals surface area contributed by atoms with E-state index in [1.54, 1.807) is 0 Å². The molecule has 0 aromatic carbocycles. The number of aliphatic hydroxyl groups excluding tert-OH is 2. The van der Waals surface area contributed by atoms with E-state index in [1.807, 2.05) is 0 Å². The van der Waals surface area contributed by atoms with Gasteiger partial charge in [0.2, 0.25) is 11.8 Å². The highest BCUT2D eigenvalue weighted by Crippen LogP contribution is 2.55. The summed E-state index contributed by atoms with van der Waals surface area (Å²) in [6.45, 7) is -0.312. The number of aliphatic hydroxyl groups is 2. The molecule has 0 aliphatic carbocycles. The van der Waals surface area contributed by atoms with Gasteiger partial charge in [0.15, 0.2) is 0 Å². The molecule has 0 aliphatic heterocycles. The van der Waals surface area contributed by atoms with Crippen molar-refractivity contribution in [2.75, 3.05) is 25.4 Å². The Labute approximate surface area is 150 Å². The minimum atomic E-state index is -4.06. The molecule has 5 N–H and O–H groups in total. The summed E-state index contributed by atoms with van der Waals surface area (Å²) in [4.78, 5) is 43.1. The van der Waals surface area contributed by atoms with Gasteiger partial charge >= 0.3 is 12.8 Å². The average Bonchev–Trinajstić information content (AvgIpc) is 2.49. The van der Waals surface area contributed by atoms with Gasteiger partial charge in [-0.1, -0.05) is 13.8 Å². The van der Waals surface area contributed by atoms with Crippen molar-refractivity contribution in [2.45, 2.75) is 33.3 Å². The monoisotopic (exact) mass is 400 g/mol. The normalized spacial score (nSPS) is 15.0. The molecule has 146 valence electrons. The summed E-state index contributed by atoms with van der Waals surface area (Å²) in [6, 6.07) is 0. The predicted molar refractivity (Wildman–Crippen MR) is 91.6 cm³/mol. The van der Waals surface area contributed by atoms with Crippen LogP contribution in [-0.2, 0) is 23.5 Å². The van der Waals surface area contributed by atoms with Crippen LogP contribution >= 0.6 is 18.2 Å². The molecule has 2 atom stereocenters. The quantitative estimate of drug-likeness (QED) is 0.225. The van der Waals surface area contributed by atoms with E-state index in [2.05, 4.69) is 15.2 Å². The maximum absolute atomic E-state index is 11.7. The van der Waals surface area contributed by atoms with Gasteiger partial charge in [-0.2, -0.15) is 0 Å². The summed E-state index contributed by atoms with van der Waals surface area (Å²) in [7, 11) is 0. The van der Waals surface area contributed by atoms with E-state index in [4.69, 9.17) is 5.11 Å². The van der Waals surface area contributed by atoms with Crippen LogP contribution in [0.15, 0.2) is 0 Å². The molecule has 2 amide bonds. The first-order valence-corrected chi connectivity index (χ1v) is 10.6. The van der Waals surface area contributed by atoms with Gasteiger partial charge in [0, 0.05) is 37.6 Å². The standard InChI is InChI=1S/C13H25N2O8PS/c1-9(17)23-24(21,22)25-7-6-14-10(18)4-5-15-12(20)11(19)13(2,3)8-16/h11,16,19H,4-8H2,1-3H3,(H,14,18)(H,15,20)(H,21,22)/t11-/m0/s1. The van der Waals surface area contributed by atoms with Gasteiger partial charge in [0.25, 0.3) is 0 Å². The van der Waals surface area contributed by atoms with E-state index >= 15 is 0 Å². The van der Waals surface area contributed by atoms with Gasteiger partial charge in [-0.05, 0) is 11.4 Å². The maximum atomic E-state index is 11.7. The predicted octanol–water partition coefficient (Wildman–Crippen LogP) is -0.615. The number of hydrogen-bond donors (Lipinski definition) is 5. The van der Waals surface area contributed by atoms with Crippen molar-refractivity contribution in [3.63, 3.8) is 0 Å². The topological polar surface area (TPSA) is 162 Å². The van der Waals surface area contributed by atoms with Gasteiger partial charge in [-0.3, -0.25) is 14.4 Å². The van der Waals surface area contributed by atoms with Crippen LogP contribution in [0.2, 0.25) is 0 Å². The Morgan fingerprint density at radius 3 is 2.36 bits per heavy atom. The van der Waals surface area contributed by atoms with E-state index in [9.17, 15) is 28.9 Å². The summed E-state index contributed by atoms with van der Waals surface area (Å²) in [5, 5.41) is 23.7. The molecule has 0 aromatic heterocycles. The first-order valence-electron chi connectivity index (χ1n) is 7.42. The molecule has 0 saturated heterocycles. The molecule has 25 heavy (non-hydrogen) atoms. The molecular weight excluding hydrogens is 375 g/mol. The zero-order valence-electron chi connectivity index (χ0n) is 14.4. The van der Waals surface area contributed by atoms with Crippen LogP contribution in [0.1, 0.15) is 27.2 Å². The van der Waals surface area contributed by atoms with Crippen LogP contribution in [0.25, 0.3) is 0 Å². The Morgan fingerprint density at radius 1 is 1.24 bits per heavy atom. The Hall–Kier alpha value is -1.13. The Morgan fingerprint density at radius 2 is 1.84 bits per heavy atom. The Bertz CT molecular complexity index is 528. The van der Waals surface area contributed by atoms with E-state index in [1.165, 1.54) is 13.8 Å². The van der Waals surface area contributed by atoms with Crippen LogP contribution in [-0.4, -0.2) is 64.4 Å². The third-order valence-electron chi connectivity index (χ3n) is 2.97. The third-order valence-corrected chi connectivity index (χ3v) is 5.92. The SMILES string of the molecule is CC(=O)OP(=O)(O)SCCNC(=O)CCNC(=O)[C@H](O)C(C)(C)CO. The second-order valence-corrected chi connectivity index (χ2v) is 9.77. The molecular formula is C13H25N2O8PS. The fraction of sp³-hybridized carbons (Fsp3) is 0.769. The van der Waals surface area contributed by atoms with E-state index < -0.39 is 36.1 Å². The first kappa shape index (κ1) is 23.9. The zero-order valence-corrected chi connectivity index (χ0v) is 16.1. The summed E-state index contributed by atoms with van der Waals surface area (Å²) < 4.78 is 15.6. The Kier molecular flexibility index (Phi) is 10.3. The summed E-state index contributed by atoms with van der Waals surface area (Å²) >= 11 is 0.514. The molecule has 0 bridgehead atoms.